The molecule has 0 atom stereocenters. The van der Waals surface area contributed by atoms with Crippen LogP contribution in [-0.2, 0) is 20.1 Å². The highest BCUT2D eigenvalue weighted by atomic mass is 16.5. The highest BCUT2D eigenvalue weighted by Crippen LogP contribution is 2.23. The number of ether oxygens (including phenoxy) is 1. The normalized spacial score (nSPS) is 14.7. The molecule has 1 aromatic carbocycles. The van der Waals surface area contributed by atoms with Gasteiger partial charge in [0.15, 0.2) is 0 Å². The zero-order valence-electron chi connectivity index (χ0n) is 16.7. The second-order valence-electron chi connectivity index (χ2n) is 7.57. The number of nitrogens with zero attached hydrogens (tertiary/aromatic N) is 4. The van der Waals surface area contributed by atoms with Crippen molar-refractivity contribution in [2.45, 2.75) is 25.9 Å². The predicted octanol–water partition coefficient (Wildman–Crippen LogP) is 3.49. The Labute approximate surface area is 171 Å². The van der Waals surface area contributed by atoms with E-state index >= 15 is 0 Å². The molecule has 0 radical (unpaired) electrons. The summed E-state index contributed by atoms with van der Waals surface area (Å²) in [5, 5.41) is 4.10. The molecule has 29 heavy (non-hydrogen) atoms. The Kier molecular flexibility index (Phi) is 5.89. The van der Waals surface area contributed by atoms with Crippen LogP contribution in [0.4, 0.5) is 0 Å². The molecular weight excluding hydrogens is 364 g/mol. The maximum atomic E-state index is 12.6. The Morgan fingerprint density at radius 3 is 2.48 bits per heavy atom. The van der Waals surface area contributed by atoms with Gasteiger partial charge in [0.25, 0.3) is 5.91 Å². The molecular formula is C23H26N4O2. The van der Waals surface area contributed by atoms with Crippen molar-refractivity contribution >= 4 is 5.91 Å². The van der Waals surface area contributed by atoms with Crippen LogP contribution in [-0.4, -0.2) is 38.7 Å². The number of hydrogen-bond acceptors (Lipinski definition) is 4. The molecule has 4 rings (SSSR count). The van der Waals surface area contributed by atoms with Gasteiger partial charge < -0.3 is 9.64 Å². The summed E-state index contributed by atoms with van der Waals surface area (Å²) in [6.07, 6.45) is 8.26. The van der Waals surface area contributed by atoms with Gasteiger partial charge in [-0.15, -0.1) is 0 Å². The second kappa shape index (κ2) is 8.90. The maximum absolute atomic E-state index is 12.6. The second-order valence-corrected chi connectivity index (χ2v) is 7.57. The topological polar surface area (TPSA) is 60.2 Å². The van der Waals surface area contributed by atoms with E-state index in [1.807, 2.05) is 24.1 Å². The molecule has 0 aliphatic carbocycles. The van der Waals surface area contributed by atoms with Gasteiger partial charge in [0.2, 0.25) is 0 Å². The van der Waals surface area contributed by atoms with E-state index in [-0.39, 0.29) is 5.91 Å². The third kappa shape index (κ3) is 4.83. The number of aromatic nitrogens is 3. The zero-order chi connectivity index (χ0) is 20.1. The summed E-state index contributed by atoms with van der Waals surface area (Å²) in [6.45, 7) is 2.16. The van der Waals surface area contributed by atoms with Gasteiger partial charge in [-0.1, -0.05) is 24.3 Å². The van der Waals surface area contributed by atoms with Crippen LogP contribution in [0.1, 0.15) is 34.5 Å². The molecule has 3 heterocycles. The first-order valence-corrected chi connectivity index (χ1v) is 10.1. The zero-order valence-corrected chi connectivity index (χ0v) is 16.7. The quantitative estimate of drug-likeness (QED) is 0.646. The van der Waals surface area contributed by atoms with Crippen LogP contribution in [0.5, 0.6) is 5.75 Å². The maximum Gasteiger partial charge on any atom is 0.272 e. The minimum atomic E-state index is 0.0846. The Bertz CT molecular complexity index is 929. The minimum absolute atomic E-state index is 0.0846. The standard InChI is InChI=1S/C23H26N4O2/c1-26-22(8-12-25-26)23(28)27-13-9-19(10-14-27)15-18-4-6-20(7-5-18)17-29-21-3-2-11-24-16-21/h2-8,11-12,16,19H,9-10,13-15,17H2,1H3. The van der Waals surface area contributed by atoms with Gasteiger partial charge in [-0.2, -0.15) is 5.10 Å². The van der Waals surface area contributed by atoms with Gasteiger partial charge in [0.05, 0.1) is 6.20 Å². The number of likely N-dealkylation sites (tertiary alicyclic amines) is 1. The van der Waals surface area contributed by atoms with E-state index in [9.17, 15) is 4.79 Å². The summed E-state index contributed by atoms with van der Waals surface area (Å²) < 4.78 is 7.40. The van der Waals surface area contributed by atoms with Crippen molar-refractivity contribution in [3.8, 4) is 5.75 Å². The van der Waals surface area contributed by atoms with Crippen molar-refractivity contribution in [2.75, 3.05) is 13.1 Å². The molecule has 1 saturated heterocycles. The first kappa shape index (κ1) is 19.2. The van der Waals surface area contributed by atoms with E-state index in [4.69, 9.17) is 4.74 Å². The monoisotopic (exact) mass is 390 g/mol. The van der Waals surface area contributed by atoms with E-state index in [2.05, 4.69) is 34.3 Å². The molecule has 6 heteroatoms. The summed E-state index contributed by atoms with van der Waals surface area (Å²) in [7, 11) is 1.81. The SMILES string of the molecule is Cn1nccc1C(=O)N1CCC(Cc2ccc(COc3cccnc3)cc2)CC1. The number of aryl methyl sites for hydroxylation is 1. The van der Waals surface area contributed by atoms with Crippen LogP contribution in [0.25, 0.3) is 0 Å². The van der Waals surface area contributed by atoms with Crippen molar-refractivity contribution in [1.29, 1.82) is 0 Å². The van der Waals surface area contributed by atoms with Crippen molar-refractivity contribution in [3.63, 3.8) is 0 Å². The summed E-state index contributed by atoms with van der Waals surface area (Å²) in [4.78, 5) is 18.6. The first-order valence-electron chi connectivity index (χ1n) is 10.1. The smallest absolute Gasteiger partial charge is 0.272 e. The van der Waals surface area contributed by atoms with Crippen LogP contribution in [0.15, 0.2) is 61.1 Å². The summed E-state index contributed by atoms with van der Waals surface area (Å²) >= 11 is 0. The summed E-state index contributed by atoms with van der Waals surface area (Å²) in [5.74, 6) is 1.48. The van der Waals surface area contributed by atoms with Gasteiger partial charge >= 0.3 is 0 Å². The molecule has 0 bridgehead atoms. The van der Waals surface area contributed by atoms with Crippen molar-refractivity contribution < 1.29 is 9.53 Å². The lowest BCUT2D eigenvalue weighted by molar-refractivity contribution is 0.0679. The Hall–Kier alpha value is -3.15. The van der Waals surface area contributed by atoms with Gasteiger partial charge in [0.1, 0.15) is 18.1 Å². The van der Waals surface area contributed by atoms with Crippen LogP contribution in [0, 0.1) is 5.92 Å². The minimum Gasteiger partial charge on any atom is -0.487 e. The molecule has 150 valence electrons. The van der Waals surface area contributed by atoms with Crippen LogP contribution >= 0.6 is 0 Å². The number of piperidine rings is 1. The van der Waals surface area contributed by atoms with Gasteiger partial charge in [-0.05, 0) is 54.5 Å². The average Bonchev–Trinajstić information content (AvgIpc) is 3.20. The molecule has 0 N–H and O–H groups in total. The molecule has 6 nitrogen and oxygen atoms in total. The number of hydrogen-bond donors (Lipinski definition) is 0. The van der Waals surface area contributed by atoms with Crippen molar-refractivity contribution in [2.24, 2.45) is 13.0 Å². The summed E-state index contributed by atoms with van der Waals surface area (Å²) in [5.41, 5.74) is 3.15. The van der Waals surface area contributed by atoms with E-state index in [1.165, 1.54) is 5.56 Å². The molecule has 0 spiro atoms. The molecule has 1 amide bonds. The molecule has 0 unspecified atom stereocenters. The number of benzene rings is 1. The third-order valence-electron chi connectivity index (χ3n) is 5.53. The third-order valence-corrected chi connectivity index (χ3v) is 5.53. The van der Waals surface area contributed by atoms with Gasteiger partial charge in [-0.3, -0.25) is 14.5 Å². The number of carbonyl (C=O) groups excluding carboxylic acids is 1. The first-order chi connectivity index (χ1) is 14.2. The van der Waals surface area contributed by atoms with Crippen molar-refractivity contribution in [1.82, 2.24) is 19.7 Å². The fourth-order valence-corrected chi connectivity index (χ4v) is 3.79. The molecule has 0 saturated carbocycles. The largest absolute Gasteiger partial charge is 0.487 e. The highest BCUT2D eigenvalue weighted by Gasteiger charge is 2.25. The molecule has 2 aromatic heterocycles. The molecule has 1 fully saturated rings. The Balaban J connectivity index is 1.25. The van der Waals surface area contributed by atoms with E-state index in [0.29, 0.717) is 18.2 Å². The lowest BCUT2D eigenvalue weighted by atomic mass is 9.90. The van der Waals surface area contributed by atoms with E-state index in [1.54, 1.807) is 29.3 Å². The fraction of sp³-hybridized carbons (Fsp3) is 0.348. The number of amides is 1. The molecule has 1 aliphatic heterocycles. The highest BCUT2D eigenvalue weighted by molar-refractivity contribution is 5.92. The van der Waals surface area contributed by atoms with Gasteiger partial charge in [0, 0.05) is 32.5 Å². The van der Waals surface area contributed by atoms with Crippen LogP contribution < -0.4 is 4.74 Å². The number of carbonyl (C=O) groups is 1. The Morgan fingerprint density at radius 1 is 1.07 bits per heavy atom. The van der Waals surface area contributed by atoms with Crippen LogP contribution in [0.2, 0.25) is 0 Å². The number of rotatable bonds is 6. The van der Waals surface area contributed by atoms with Crippen molar-refractivity contribution in [3.05, 3.63) is 77.9 Å². The molecule has 1 aliphatic rings. The Morgan fingerprint density at radius 2 is 1.83 bits per heavy atom. The fourth-order valence-electron chi connectivity index (χ4n) is 3.79. The van der Waals surface area contributed by atoms with Gasteiger partial charge in [-0.25, -0.2) is 0 Å². The van der Waals surface area contributed by atoms with E-state index in [0.717, 1.165) is 43.7 Å². The number of pyridine rings is 1. The average molecular weight is 390 g/mol. The lowest BCUT2D eigenvalue weighted by Gasteiger charge is -2.32. The van der Waals surface area contributed by atoms with E-state index < -0.39 is 0 Å². The lowest BCUT2D eigenvalue weighted by Crippen LogP contribution is -2.39. The summed E-state index contributed by atoms with van der Waals surface area (Å²) in [6, 6.07) is 14.2. The predicted molar refractivity (Wildman–Crippen MR) is 111 cm³/mol. The van der Waals surface area contributed by atoms with Crippen LogP contribution in [0.3, 0.4) is 0 Å². The molecule has 3 aromatic rings.